The lowest BCUT2D eigenvalue weighted by Gasteiger charge is -2.18. The lowest BCUT2D eigenvalue weighted by Crippen LogP contribution is -2.38. The van der Waals surface area contributed by atoms with Crippen molar-refractivity contribution in [3.05, 3.63) is 6.07 Å². The first-order valence-corrected chi connectivity index (χ1v) is 5.75. The van der Waals surface area contributed by atoms with Gasteiger partial charge in [-0.05, 0) is 6.92 Å². The maximum atomic E-state index is 11.9. The SMILES string of the molecule is CCN(CC(=O)O)C(=O)Nc1nc(OC)cc(OC)n1. The van der Waals surface area contributed by atoms with E-state index in [1.807, 2.05) is 0 Å². The number of nitrogens with zero attached hydrogens (tertiary/aromatic N) is 3. The van der Waals surface area contributed by atoms with Crippen molar-refractivity contribution in [2.24, 2.45) is 0 Å². The Hall–Kier alpha value is -2.58. The summed E-state index contributed by atoms with van der Waals surface area (Å²) in [5.74, 6) is -0.706. The number of carboxylic acid groups (broad SMARTS) is 1. The predicted molar refractivity (Wildman–Crippen MR) is 69.0 cm³/mol. The second-order valence-corrected chi connectivity index (χ2v) is 3.61. The number of likely N-dealkylation sites (N-methyl/N-ethyl adjacent to an activating group) is 1. The highest BCUT2D eigenvalue weighted by atomic mass is 16.5. The van der Waals surface area contributed by atoms with Crippen LogP contribution in [-0.4, -0.2) is 59.3 Å². The molecule has 1 heterocycles. The molecule has 0 aliphatic rings. The number of aliphatic carboxylic acids is 1. The molecule has 2 N–H and O–H groups in total. The van der Waals surface area contributed by atoms with Crippen LogP contribution in [0.3, 0.4) is 0 Å². The predicted octanol–water partition coefficient (Wildman–Crippen LogP) is 0.432. The molecule has 0 fully saturated rings. The van der Waals surface area contributed by atoms with Gasteiger partial charge in [-0.25, -0.2) is 4.79 Å². The minimum atomic E-state index is -1.11. The number of aromatic nitrogens is 2. The van der Waals surface area contributed by atoms with E-state index in [-0.39, 0.29) is 24.3 Å². The fourth-order valence-corrected chi connectivity index (χ4v) is 1.33. The average Bonchev–Trinajstić information content (AvgIpc) is 2.43. The van der Waals surface area contributed by atoms with Crippen LogP contribution in [0.4, 0.5) is 10.7 Å². The molecule has 0 unspecified atom stereocenters. The molecule has 110 valence electrons. The van der Waals surface area contributed by atoms with Crippen LogP contribution in [-0.2, 0) is 4.79 Å². The number of hydrogen-bond donors (Lipinski definition) is 2. The smallest absolute Gasteiger partial charge is 0.324 e. The number of anilines is 1. The van der Waals surface area contributed by atoms with Crippen LogP contribution in [0, 0.1) is 0 Å². The van der Waals surface area contributed by atoms with Gasteiger partial charge in [0.25, 0.3) is 0 Å². The summed E-state index contributed by atoms with van der Waals surface area (Å²) < 4.78 is 9.88. The minimum absolute atomic E-state index is 0.0324. The Balaban J connectivity index is 2.85. The van der Waals surface area contributed by atoms with Gasteiger partial charge in [-0.1, -0.05) is 0 Å². The lowest BCUT2D eigenvalue weighted by molar-refractivity contribution is -0.137. The van der Waals surface area contributed by atoms with Crippen molar-refractivity contribution in [2.75, 3.05) is 32.6 Å². The summed E-state index contributed by atoms with van der Waals surface area (Å²) in [5.41, 5.74) is 0. The zero-order chi connectivity index (χ0) is 15.1. The first-order valence-electron chi connectivity index (χ1n) is 5.75. The van der Waals surface area contributed by atoms with Gasteiger partial charge in [0.2, 0.25) is 17.7 Å². The van der Waals surface area contributed by atoms with Crippen molar-refractivity contribution >= 4 is 17.9 Å². The number of hydrogen-bond acceptors (Lipinski definition) is 6. The van der Waals surface area contributed by atoms with Crippen LogP contribution < -0.4 is 14.8 Å². The first-order chi connectivity index (χ1) is 9.49. The van der Waals surface area contributed by atoms with Gasteiger partial charge < -0.3 is 19.5 Å². The Morgan fingerprint density at radius 1 is 1.30 bits per heavy atom. The van der Waals surface area contributed by atoms with Crippen molar-refractivity contribution < 1.29 is 24.2 Å². The number of urea groups is 1. The van der Waals surface area contributed by atoms with Gasteiger partial charge in [-0.2, -0.15) is 9.97 Å². The fourth-order valence-electron chi connectivity index (χ4n) is 1.33. The molecule has 1 aromatic rings. The van der Waals surface area contributed by atoms with E-state index in [4.69, 9.17) is 14.6 Å². The Labute approximate surface area is 115 Å². The maximum absolute atomic E-state index is 11.9. The molecule has 9 heteroatoms. The van der Waals surface area contributed by atoms with Crippen LogP contribution >= 0.6 is 0 Å². The quantitative estimate of drug-likeness (QED) is 0.778. The van der Waals surface area contributed by atoms with Gasteiger partial charge in [0.05, 0.1) is 20.3 Å². The molecule has 0 saturated heterocycles. The van der Waals surface area contributed by atoms with Gasteiger partial charge in [0.15, 0.2) is 0 Å². The normalized spacial score (nSPS) is 9.75. The van der Waals surface area contributed by atoms with E-state index in [0.717, 1.165) is 4.90 Å². The summed E-state index contributed by atoms with van der Waals surface area (Å²) in [7, 11) is 2.83. The summed E-state index contributed by atoms with van der Waals surface area (Å²) in [5, 5.41) is 11.1. The third-order valence-electron chi connectivity index (χ3n) is 2.31. The molecule has 20 heavy (non-hydrogen) atoms. The number of nitrogens with one attached hydrogen (secondary N) is 1. The molecular formula is C11H16N4O5. The molecule has 1 aromatic heterocycles. The largest absolute Gasteiger partial charge is 0.481 e. The first kappa shape index (κ1) is 15.5. The van der Waals surface area contributed by atoms with Crippen molar-refractivity contribution in [2.45, 2.75) is 6.92 Å². The van der Waals surface area contributed by atoms with Crippen molar-refractivity contribution in [1.82, 2.24) is 14.9 Å². The van der Waals surface area contributed by atoms with E-state index in [1.54, 1.807) is 6.92 Å². The Morgan fingerprint density at radius 2 is 1.85 bits per heavy atom. The van der Waals surface area contributed by atoms with Crippen molar-refractivity contribution in [3.63, 3.8) is 0 Å². The highest BCUT2D eigenvalue weighted by Gasteiger charge is 2.17. The molecule has 0 atom stereocenters. The number of methoxy groups -OCH3 is 2. The number of amides is 2. The molecular weight excluding hydrogens is 268 g/mol. The summed E-state index contributed by atoms with van der Waals surface area (Å²) in [6.45, 7) is 1.48. The number of carbonyl (C=O) groups is 2. The number of carboxylic acids is 1. The summed E-state index contributed by atoms with van der Waals surface area (Å²) in [6.07, 6.45) is 0. The van der Waals surface area contributed by atoms with Gasteiger partial charge in [-0.3, -0.25) is 10.1 Å². The molecule has 0 aliphatic carbocycles. The van der Waals surface area contributed by atoms with Crippen LogP contribution in [0.25, 0.3) is 0 Å². The minimum Gasteiger partial charge on any atom is -0.481 e. The summed E-state index contributed by atoms with van der Waals surface area (Å²) in [4.78, 5) is 31.4. The highest BCUT2D eigenvalue weighted by molar-refractivity contribution is 5.89. The maximum Gasteiger partial charge on any atom is 0.324 e. The second-order valence-electron chi connectivity index (χ2n) is 3.61. The van der Waals surface area contributed by atoms with E-state index >= 15 is 0 Å². The molecule has 0 aromatic carbocycles. The van der Waals surface area contributed by atoms with Gasteiger partial charge >= 0.3 is 12.0 Å². The van der Waals surface area contributed by atoms with E-state index in [0.29, 0.717) is 0 Å². The molecule has 2 amide bonds. The highest BCUT2D eigenvalue weighted by Crippen LogP contribution is 2.17. The fraction of sp³-hybridized carbons (Fsp3) is 0.455. The third kappa shape index (κ3) is 4.26. The van der Waals surface area contributed by atoms with E-state index in [1.165, 1.54) is 20.3 Å². The molecule has 1 rings (SSSR count). The van der Waals surface area contributed by atoms with Crippen LogP contribution in [0.2, 0.25) is 0 Å². The topological polar surface area (TPSA) is 114 Å². The number of ether oxygens (including phenoxy) is 2. The molecule has 0 bridgehead atoms. The third-order valence-corrected chi connectivity index (χ3v) is 2.31. The zero-order valence-electron chi connectivity index (χ0n) is 11.4. The second kappa shape index (κ2) is 7.12. The molecule has 0 saturated carbocycles. The average molecular weight is 284 g/mol. The van der Waals surface area contributed by atoms with Gasteiger partial charge in [0, 0.05) is 6.54 Å². The Kier molecular flexibility index (Phi) is 5.51. The van der Waals surface area contributed by atoms with Crippen LogP contribution in [0.5, 0.6) is 11.8 Å². The Morgan fingerprint density at radius 3 is 2.25 bits per heavy atom. The van der Waals surface area contributed by atoms with Crippen molar-refractivity contribution in [1.29, 1.82) is 0 Å². The number of rotatable bonds is 6. The lowest BCUT2D eigenvalue weighted by atomic mass is 10.5. The molecule has 0 radical (unpaired) electrons. The Bertz CT molecular complexity index is 471. The van der Waals surface area contributed by atoms with Gasteiger partial charge in [-0.15, -0.1) is 0 Å². The monoisotopic (exact) mass is 284 g/mol. The van der Waals surface area contributed by atoms with Gasteiger partial charge in [0.1, 0.15) is 6.54 Å². The zero-order valence-corrected chi connectivity index (χ0v) is 11.4. The molecule has 9 nitrogen and oxygen atoms in total. The molecule has 0 spiro atoms. The van der Waals surface area contributed by atoms with Crippen molar-refractivity contribution in [3.8, 4) is 11.8 Å². The van der Waals surface area contributed by atoms with E-state index in [9.17, 15) is 9.59 Å². The van der Waals surface area contributed by atoms with E-state index < -0.39 is 18.5 Å². The standard InChI is InChI=1S/C11H16N4O5/c1-4-15(6-9(16)17)11(18)14-10-12-7(19-2)5-8(13-10)20-3/h5H,4,6H2,1-3H3,(H,16,17)(H,12,13,14,18). The van der Waals surface area contributed by atoms with E-state index in [2.05, 4.69) is 15.3 Å². The summed E-state index contributed by atoms with van der Waals surface area (Å²) >= 11 is 0. The van der Waals surface area contributed by atoms with Crippen LogP contribution in [0.15, 0.2) is 6.07 Å². The molecule has 0 aliphatic heterocycles. The van der Waals surface area contributed by atoms with Crippen LogP contribution in [0.1, 0.15) is 6.92 Å². The number of carbonyl (C=O) groups excluding carboxylic acids is 1. The summed E-state index contributed by atoms with van der Waals surface area (Å²) in [6, 6.07) is 0.829.